The lowest BCUT2D eigenvalue weighted by molar-refractivity contribution is 0.127. The molecule has 1 aromatic carbocycles. The van der Waals surface area contributed by atoms with Crippen molar-refractivity contribution in [2.45, 2.75) is 51.5 Å². The van der Waals surface area contributed by atoms with Crippen molar-refractivity contribution in [3.05, 3.63) is 35.9 Å². The van der Waals surface area contributed by atoms with Crippen molar-refractivity contribution < 1.29 is 4.74 Å². The van der Waals surface area contributed by atoms with Gasteiger partial charge in [-0.3, -0.25) is 0 Å². The summed E-state index contributed by atoms with van der Waals surface area (Å²) >= 11 is 0. The monoisotopic (exact) mass is 275 g/mol. The highest BCUT2D eigenvalue weighted by molar-refractivity contribution is 5.14. The summed E-state index contributed by atoms with van der Waals surface area (Å²) in [4.78, 5) is 0. The Morgan fingerprint density at radius 1 is 1.10 bits per heavy atom. The van der Waals surface area contributed by atoms with E-state index in [0.29, 0.717) is 0 Å². The number of aryl methyl sites for hydroxylation is 1. The Morgan fingerprint density at radius 3 is 2.70 bits per heavy atom. The summed E-state index contributed by atoms with van der Waals surface area (Å²) in [5.41, 5.74) is 1.41. The van der Waals surface area contributed by atoms with Crippen LogP contribution in [-0.4, -0.2) is 25.8 Å². The molecule has 2 heteroatoms. The maximum atomic E-state index is 5.72. The predicted octanol–water partition coefficient (Wildman–Crippen LogP) is 3.80. The Morgan fingerprint density at radius 2 is 1.90 bits per heavy atom. The zero-order chi connectivity index (χ0) is 14.0. The lowest BCUT2D eigenvalue weighted by atomic mass is 9.86. The van der Waals surface area contributed by atoms with Gasteiger partial charge in [0.1, 0.15) is 0 Å². The summed E-state index contributed by atoms with van der Waals surface area (Å²) in [5.74, 6) is 0.835. The summed E-state index contributed by atoms with van der Waals surface area (Å²) in [6.45, 7) is 5.09. The third-order valence-corrected chi connectivity index (χ3v) is 4.36. The van der Waals surface area contributed by atoms with E-state index in [2.05, 4.69) is 42.6 Å². The zero-order valence-electron chi connectivity index (χ0n) is 12.8. The van der Waals surface area contributed by atoms with Gasteiger partial charge in [0.05, 0.1) is 6.61 Å². The highest BCUT2D eigenvalue weighted by Crippen LogP contribution is 2.23. The van der Waals surface area contributed by atoms with Crippen molar-refractivity contribution in [1.82, 2.24) is 5.32 Å². The third kappa shape index (κ3) is 5.64. The number of hydrogen-bond acceptors (Lipinski definition) is 2. The molecular weight excluding hydrogens is 246 g/mol. The first-order chi connectivity index (χ1) is 9.86. The van der Waals surface area contributed by atoms with Crippen molar-refractivity contribution in [2.24, 2.45) is 5.92 Å². The minimum Gasteiger partial charge on any atom is -0.380 e. The quantitative estimate of drug-likeness (QED) is 0.729. The number of hydrogen-bond donors (Lipinski definition) is 1. The van der Waals surface area contributed by atoms with E-state index >= 15 is 0 Å². The molecule has 1 N–H and O–H groups in total. The van der Waals surface area contributed by atoms with Gasteiger partial charge in [-0.15, -0.1) is 0 Å². The van der Waals surface area contributed by atoms with Gasteiger partial charge in [0.2, 0.25) is 0 Å². The van der Waals surface area contributed by atoms with Crippen molar-refractivity contribution in [2.75, 3.05) is 19.8 Å². The van der Waals surface area contributed by atoms with Gasteiger partial charge in [-0.2, -0.15) is 0 Å². The molecule has 2 unspecified atom stereocenters. The second-order valence-electron chi connectivity index (χ2n) is 6.02. The molecule has 2 atom stereocenters. The van der Waals surface area contributed by atoms with E-state index in [0.717, 1.165) is 44.6 Å². The van der Waals surface area contributed by atoms with Crippen LogP contribution in [0.4, 0.5) is 0 Å². The second kappa shape index (κ2) is 9.15. The van der Waals surface area contributed by atoms with Crippen LogP contribution >= 0.6 is 0 Å². The van der Waals surface area contributed by atoms with Gasteiger partial charge in [0, 0.05) is 19.2 Å². The molecule has 0 heterocycles. The average molecular weight is 275 g/mol. The highest BCUT2D eigenvalue weighted by atomic mass is 16.5. The van der Waals surface area contributed by atoms with Gasteiger partial charge in [0.15, 0.2) is 0 Å². The van der Waals surface area contributed by atoms with E-state index in [9.17, 15) is 0 Å². The van der Waals surface area contributed by atoms with Gasteiger partial charge < -0.3 is 10.1 Å². The van der Waals surface area contributed by atoms with Gasteiger partial charge >= 0.3 is 0 Å². The first-order valence-electron chi connectivity index (χ1n) is 8.21. The summed E-state index contributed by atoms with van der Waals surface area (Å²) in [7, 11) is 0. The fourth-order valence-electron chi connectivity index (χ4n) is 3.06. The van der Waals surface area contributed by atoms with Gasteiger partial charge in [0.25, 0.3) is 0 Å². The third-order valence-electron chi connectivity index (χ3n) is 4.36. The number of ether oxygens (including phenoxy) is 1. The Labute approximate surface area is 123 Å². The van der Waals surface area contributed by atoms with Crippen LogP contribution in [0.25, 0.3) is 0 Å². The standard InChI is InChI=1S/C18H29NO/c1-16-8-5-6-12-18(16)19-13-15-20-14-7-11-17-9-3-2-4-10-17/h2-4,9-10,16,18-19H,5-8,11-15H2,1H3. The van der Waals surface area contributed by atoms with Crippen LogP contribution in [0.15, 0.2) is 30.3 Å². The highest BCUT2D eigenvalue weighted by Gasteiger charge is 2.19. The molecule has 2 rings (SSSR count). The predicted molar refractivity (Wildman–Crippen MR) is 85.0 cm³/mol. The van der Waals surface area contributed by atoms with E-state index in [-0.39, 0.29) is 0 Å². The van der Waals surface area contributed by atoms with Crippen molar-refractivity contribution in [1.29, 1.82) is 0 Å². The van der Waals surface area contributed by atoms with E-state index in [1.807, 2.05) is 0 Å². The molecule has 0 saturated heterocycles. The Balaban J connectivity index is 1.45. The fourth-order valence-corrected chi connectivity index (χ4v) is 3.06. The summed E-state index contributed by atoms with van der Waals surface area (Å²) in [6.07, 6.45) is 7.76. The maximum absolute atomic E-state index is 5.72. The van der Waals surface area contributed by atoms with Gasteiger partial charge in [-0.05, 0) is 37.2 Å². The summed E-state index contributed by atoms with van der Waals surface area (Å²) < 4.78 is 5.72. The molecule has 1 aliphatic carbocycles. The Kier molecular flexibility index (Phi) is 7.10. The number of nitrogens with one attached hydrogen (secondary N) is 1. The minimum atomic E-state index is 0.719. The van der Waals surface area contributed by atoms with Crippen LogP contribution in [0.3, 0.4) is 0 Å². The first-order valence-corrected chi connectivity index (χ1v) is 8.21. The molecule has 0 bridgehead atoms. The number of benzene rings is 1. The maximum Gasteiger partial charge on any atom is 0.0591 e. The lowest BCUT2D eigenvalue weighted by Crippen LogP contribution is -2.38. The molecule has 1 aliphatic rings. The van der Waals surface area contributed by atoms with Gasteiger partial charge in [-0.25, -0.2) is 0 Å². The normalized spacial score (nSPS) is 22.9. The Bertz CT molecular complexity index is 352. The fraction of sp³-hybridized carbons (Fsp3) is 0.667. The van der Waals surface area contributed by atoms with Crippen LogP contribution in [0.5, 0.6) is 0 Å². The first kappa shape index (κ1) is 15.5. The smallest absolute Gasteiger partial charge is 0.0591 e. The molecule has 0 spiro atoms. The van der Waals surface area contributed by atoms with Crippen LogP contribution in [0, 0.1) is 5.92 Å². The minimum absolute atomic E-state index is 0.719. The summed E-state index contributed by atoms with van der Waals surface area (Å²) in [5, 5.41) is 3.65. The van der Waals surface area contributed by atoms with Crippen molar-refractivity contribution in [3.63, 3.8) is 0 Å². The molecule has 1 aromatic rings. The second-order valence-corrected chi connectivity index (χ2v) is 6.02. The molecule has 1 fully saturated rings. The van der Waals surface area contributed by atoms with E-state index in [1.165, 1.54) is 31.2 Å². The molecule has 0 amide bonds. The topological polar surface area (TPSA) is 21.3 Å². The molecule has 1 saturated carbocycles. The molecule has 0 aromatic heterocycles. The van der Waals surface area contributed by atoms with Gasteiger partial charge in [-0.1, -0.05) is 50.1 Å². The Hall–Kier alpha value is -0.860. The molecule has 0 radical (unpaired) electrons. The van der Waals surface area contributed by atoms with E-state index in [4.69, 9.17) is 4.74 Å². The zero-order valence-corrected chi connectivity index (χ0v) is 12.8. The lowest BCUT2D eigenvalue weighted by Gasteiger charge is -2.29. The number of rotatable bonds is 8. The average Bonchev–Trinajstić information content (AvgIpc) is 2.49. The van der Waals surface area contributed by atoms with Crippen LogP contribution < -0.4 is 5.32 Å². The summed E-state index contributed by atoms with van der Waals surface area (Å²) in [6, 6.07) is 11.4. The SMILES string of the molecule is CC1CCCCC1NCCOCCCc1ccccc1. The van der Waals surface area contributed by atoms with Crippen LogP contribution in [0.2, 0.25) is 0 Å². The van der Waals surface area contributed by atoms with Crippen molar-refractivity contribution >= 4 is 0 Å². The van der Waals surface area contributed by atoms with Crippen LogP contribution in [-0.2, 0) is 11.2 Å². The van der Waals surface area contributed by atoms with Crippen LogP contribution in [0.1, 0.15) is 44.6 Å². The van der Waals surface area contributed by atoms with Crippen molar-refractivity contribution in [3.8, 4) is 0 Å². The molecule has 0 aliphatic heterocycles. The molecule has 112 valence electrons. The van der Waals surface area contributed by atoms with E-state index in [1.54, 1.807) is 0 Å². The molecule has 2 nitrogen and oxygen atoms in total. The van der Waals surface area contributed by atoms with E-state index < -0.39 is 0 Å². The molecular formula is C18H29NO. The molecule has 20 heavy (non-hydrogen) atoms. The largest absolute Gasteiger partial charge is 0.380 e.